The van der Waals surface area contributed by atoms with E-state index in [0.717, 1.165) is 0 Å². The van der Waals surface area contributed by atoms with Gasteiger partial charge in [0.05, 0.1) is 25.2 Å². The number of morpholine rings is 1. The van der Waals surface area contributed by atoms with E-state index in [9.17, 15) is 9.59 Å². The van der Waals surface area contributed by atoms with Gasteiger partial charge in [0.15, 0.2) is 6.04 Å². The number of amides is 1. The van der Waals surface area contributed by atoms with Crippen LogP contribution in [0.1, 0.15) is 20.3 Å². The molecule has 0 aliphatic carbocycles. The highest BCUT2D eigenvalue weighted by Crippen LogP contribution is 2.17. The van der Waals surface area contributed by atoms with Crippen LogP contribution in [-0.2, 0) is 19.1 Å². The van der Waals surface area contributed by atoms with Crippen molar-refractivity contribution in [3.05, 3.63) is 0 Å². The van der Waals surface area contributed by atoms with Crippen LogP contribution in [0.3, 0.4) is 0 Å². The number of carboxylic acids is 1. The minimum absolute atomic E-state index is 0.0501. The fourth-order valence-electron chi connectivity index (χ4n) is 1.64. The van der Waals surface area contributed by atoms with Crippen molar-refractivity contribution in [2.24, 2.45) is 0 Å². The molecule has 0 spiro atoms. The van der Waals surface area contributed by atoms with Crippen LogP contribution in [0.2, 0.25) is 0 Å². The molecule has 1 aliphatic rings. The molecule has 1 N–H and O–H groups in total. The number of hydrogen-bond donors (Lipinski definition) is 1. The predicted molar refractivity (Wildman–Crippen MR) is 59.7 cm³/mol. The molecule has 0 bridgehead atoms. The monoisotopic (exact) mass is 245 g/mol. The summed E-state index contributed by atoms with van der Waals surface area (Å²) in [7, 11) is 1.53. The van der Waals surface area contributed by atoms with Crippen LogP contribution in [0.15, 0.2) is 0 Å². The van der Waals surface area contributed by atoms with E-state index in [-0.39, 0.29) is 18.9 Å². The van der Waals surface area contributed by atoms with Gasteiger partial charge in [-0.15, -0.1) is 0 Å². The lowest BCUT2D eigenvalue weighted by Gasteiger charge is -2.35. The fraction of sp³-hybridized carbons (Fsp3) is 0.818. The maximum Gasteiger partial charge on any atom is 0.328 e. The molecule has 1 aliphatic heterocycles. The van der Waals surface area contributed by atoms with Gasteiger partial charge in [-0.05, 0) is 13.8 Å². The Bertz CT molecular complexity index is 302. The first kappa shape index (κ1) is 13.9. The summed E-state index contributed by atoms with van der Waals surface area (Å²) in [6.07, 6.45) is 0.160. The van der Waals surface area contributed by atoms with Crippen molar-refractivity contribution in [3.63, 3.8) is 0 Å². The third kappa shape index (κ3) is 3.67. The predicted octanol–water partition coefficient (Wildman–Crippen LogP) is 0.114. The number of carbonyl (C=O) groups is 2. The average Bonchev–Trinajstić information content (AvgIpc) is 2.28. The summed E-state index contributed by atoms with van der Waals surface area (Å²) in [4.78, 5) is 24.4. The first-order valence-corrected chi connectivity index (χ1v) is 5.52. The lowest BCUT2D eigenvalue weighted by atomic mass is 10.0. The number of carboxylic acid groups (broad SMARTS) is 1. The van der Waals surface area contributed by atoms with Crippen molar-refractivity contribution in [3.8, 4) is 0 Å². The Balaban J connectivity index is 2.69. The van der Waals surface area contributed by atoms with E-state index < -0.39 is 17.6 Å². The van der Waals surface area contributed by atoms with Gasteiger partial charge < -0.3 is 19.5 Å². The van der Waals surface area contributed by atoms with Gasteiger partial charge in [0.2, 0.25) is 5.91 Å². The average molecular weight is 245 g/mol. The normalized spacial score (nSPS) is 21.4. The molecule has 1 saturated heterocycles. The van der Waals surface area contributed by atoms with Crippen LogP contribution in [0.4, 0.5) is 0 Å². The lowest BCUT2D eigenvalue weighted by Crippen LogP contribution is -2.53. The summed E-state index contributed by atoms with van der Waals surface area (Å²) in [6.45, 7) is 4.33. The highest BCUT2D eigenvalue weighted by Gasteiger charge is 2.35. The molecule has 0 saturated carbocycles. The van der Waals surface area contributed by atoms with Crippen LogP contribution in [0.5, 0.6) is 0 Å². The van der Waals surface area contributed by atoms with Crippen molar-refractivity contribution >= 4 is 11.9 Å². The number of nitrogens with zero attached hydrogens (tertiary/aromatic N) is 1. The summed E-state index contributed by atoms with van der Waals surface area (Å²) in [6, 6.07) is -0.885. The standard InChI is InChI=1S/C11H19NO5/c1-11(2,16-3)6-9(13)12-4-5-17-7-8(12)10(14)15/h8H,4-7H2,1-3H3,(H,14,15). The van der Waals surface area contributed by atoms with Crippen LogP contribution in [0.25, 0.3) is 0 Å². The van der Waals surface area contributed by atoms with Gasteiger partial charge in [0.1, 0.15) is 0 Å². The van der Waals surface area contributed by atoms with Gasteiger partial charge in [-0.1, -0.05) is 0 Å². The Labute approximate surface area is 100 Å². The van der Waals surface area contributed by atoms with Crippen molar-refractivity contribution in [1.29, 1.82) is 0 Å². The second kappa shape index (κ2) is 5.46. The Morgan fingerprint density at radius 3 is 2.71 bits per heavy atom. The Morgan fingerprint density at radius 1 is 1.53 bits per heavy atom. The molecule has 6 nitrogen and oxygen atoms in total. The van der Waals surface area contributed by atoms with E-state index in [1.165, 1.54) is 12.0 Å². The summed E-state index contributed by atoms with van der Waals surface area (Å²) >= 11 is 0. The van der Waals surface area contributed by atoms with Gasteiger partial charge >= 0.3 is 5.97 Å². The number of methoxy groups -OCH3 is 1. The molecule has 1 rings (SSSR count). The molecule has 0 aromatic heterocycles. The lowest BCUT2D eigenvalue weighted by molar-refractivity contribution is -0.160. The largest absolute Gasteiger partial charge is 0.480 e. The molecule has 0 aromatic rings. The van der Waals surface area contributed by atoms with E-state index in [0.29, 0.717) is 13.2 Å². The molecule has 98 valence electrons. The molecule has 1 atom stereocenters. The van der Waals surface area contributed by atoms with Crippen molar-refractivity contribution in [2.45, 2.75) is 31.9 Å². The van der Waals surface area contributed by atoms with Crippen molar-refractivity contribution < 1.29 is 24.2 Å². The van der Waals surface area contributed by atoms with Crippen LogP contribution >= 0.6 is 0 Å². The number of rotatable bonds is 4. The van der Waals surface area contributed by atoms with E-state index in [4.69, 9.17) is 14.6 Å². The molecule has 0 aromatic carbocycles. The first-order chi connectivity index (χ1) is 7.87. The molecule has 17 heavy (non-hydrogen) atoms. The molecular weight excluding hydrogens is 226 g/mol. The van der Waals surface area contributed by atoms with E-state index in [1.54, 1.807) is 13.8 Å². The molecule has 1 heterocycles. The number of aliphatic carboxylic acids is 1. The summed E-state index contributed by atoms with van der Waals surface area (Å²) < 4.78 is 10.2. The molecule has 6 heteroatoms. The van der Waals surface area contributed by atoms with E-state index in [2.05, 4.69) is 0 Å². The van der Waals surface area contributed by atoms with Crippen LogP contribution < -0.4 is 0 Å². The van der Waals surface area contributed by atoms with Crippen LogP contribution in [-0.4, -0.2) is 60.4 Å². The number of carbonyl (C=O) groups excluding carboxylic acids is 1. The Hall–Kier alpha value is -1.14. The van der Waals surface area contributed by atoms with Gasteiger partial charge in [0, 0.05) is 13.7 Å². The number of hydrogen-bond acceptors (Lipinski definition) is 4. The second-order valence-electron chi connectivity index (χ2n) is 4.66. The quantitative estimate of drug-likeness (QED) is 0.761. The first-order valence-electron chi connectivity index (χ1n) is 5.52. The van der Waals surface area contributed by atoms with Gasteiger partial charge in [-0.3, -0.25) is 4.79 Å². The number of ether oxygens (including phenoxy) is 2. The van der Waals surface area contributed by atoms with Crippen molar-refractivity contribution in [2.75, 3.05) is 26.9 Å². The highest BCUT2D eigenvalue weighted by molar-refractivity contribution is 5.84. The molecule has 0 radical (unpaired) electrons. The maximum atomic E-state index is 12.0. The highest BCUT2D eigenvalue weighted by atomic mass is 16.5. The van der Waals surface area contributed by atoms with E-state index >= 15 is 0 Å². The zero-order valence-electron chi connectivity index (χ0n) is 10.4. The Kier molecular flexibility index (Phi) is 4.47. The minimum atomic E-state index is -1.03. The topological polar surface area (TPSA) is 76.1 Å². The smallest absolute Gasteiger partial charge is 0.328 e. The fourth-order valence-corrected chi connectivity index (χ4v) is 1.64. The summed E-state index contributed by atoms with van der Waals surface area (Å²) in [5.74, 6) is -1.25. The molecule has 1 amide bonds. The second-order valence-corrected chi connectivity index (χ2v) is 4.66. The summed E-state index contributed by atoms with van der Waals surface area (Å²) in [5, 5.41) is 9.01. The molecule has 1 fully saturated rings. The molecule has 1 unspecified atom stereocenters. The van der Waals surface area contributed by atoms with Crippen LogP contribution in [0, 0.1) is 0 Å². The molecular formula is C11H19NO5. The van der Waals surface area contributed by atoms with Gasteiger partial charge in [0.25, 0.3) is 0 Å². The maximum absolute atomic E-state index is 12.0. The third-order valence-corrected chi connectivity index (χ3v) is 2.86. The SMILES string of the molecule is COC(C)(C)CC(=O)N1CCOCC1C(=O)O. The Morgan fingerprint density at radius 2 is 2.18 bits per heavy atom. The summed E-state index contributed by atoms with van der Waals surface area (Å²) in [5.41, 5.74) is -0.585. The van der Waals surface area contributed by atoms with Gasteiger partial charge in [-0.25, -0.2) is 4.79 Å². The van der Waals surface area contributed by atoms with E-state index in [1.807, 2.05) is 0 Å². The van der Waals surface area contributed by atoms with Crippen molar-refractivity contribution in [1.82, 2.24) is 4.90 Å². The minimum Gasteiger partial charge on any atom is -0.480 e. The zero-order valence-corrected chi connectivity index (χ0v) is 10.4. The third-order valence-electron chi connectivity index (χ3n) is 2.86. The van der Waals surface area contributed by atoms with Gasteiger partial charge in [-0.2, -0.15) is 0 Å². The zero-order chi connectivity index (χ0) is 13.1.